The summed E-state index contributed by atoms with van der Waals surface area (Å²) in [5.74, 6) is -0.452. The molecule has 0 amide bonds. The average molecular weight is 299 g/mol. The van der Waals surface area contributed by atoms with E-state index in [1.165, 1.54) is 0 Å². The van der Waals surface area contributed by atoms with Gasteiger partial charge < -0.3 is 9.84 Å². The molecule has 1 aliphatic rings. The molecule has 0 aliphatic carbocycles. The second-order valence-electron chi connectivity index (χ2n) is 4.37. The molecule has 10 heteroatoms. The van der Waals surface area contributed by atoms with E-state index in [9.17, 15) is 21.6 Å². The van der Waals surface area contributed by atoms with E-state index in [1.807, 2.05) is 0 Å². The summed E-state index contributed by atoms with van der Waals surface area (Å²) in [5, 5.41) is 6.17. The van der Waals surface area contributed by atoms with Gasteiger partial charge in [-0.25, -0.2) is 8.42 Å². The van der Waals surface area contributed by atoms with Crippen LogP contribution < -0.4 is 5.32 Å². The summed E-state index contributed by atoms with van der Waals surface area (Å²) in [6, 6.07) is -0.405. The van der Waals surface area contributed by atoms with Crippen LogP contribution in [0.2, 0.25) is 0 Å². The molecule has 1 unspecified atom stereocenters. The maximum Gasteiger partial charge on any atom is 0.396 e. The third kappa shape index (κ3) is 4.46. The van der Waals surface area contributed by atoms with Crippen molar-refractivity contribution >= 4 is 9.84 Å². The Hall–Kier alpha value is -1.16. The Morgan fingerprint density at radius 1 is 1.42 bits per heavy atom. The molecule has 0 saturated carbocycles. The van der Waals surface area contributed by atoms with E-state index < -0.39 is 34.3 Å². The van der Waals surface area contributed by atoms with Crippen molar-refractivity contribution in [2.45, 2.75) is 25.1 Å². The highest BCUT2D eigenvalue weighted by atomic mass is 32.2. The lowest BCUT2D eigenvalue weighted by Gasteiger charge is -2.21. The molecule has 6 nitrogen and oxygen atoms in total. The molecule has 0 bridgehead atoms. The van der Waals surface area contributed by atoms with Gasteiger partial charge >= 0.3 is 6.18 Å². The molecule has 1 aliphatic heterocycles. The Labute approximate surface area is 107 Å². The highest BCUT2D eigenvalue weighted by Gasteiger charge is 2.31. The lowest BCUT2D eigenvalue weighted by atomic mass is 10.2. The fourth-order valence-corrected chi connectivity index (χ4v) is 3.28. The Balaban J connectivity index is 1.96. The van der Waals surface area contributed by atoms with Gasteiger partial charge in [0.1, 0.15) is 6.42 Å². The molecule has 0 aromatic carbocycles. The fourth-order valence-electron chi connectivity index (χ4n) is 1.83. The number of hydrogen-bond donors (Lipinski definition) is 1. The van der Waals surface area contributed by atoms with Crippen LogP contribution in [0.4, 0.5) is 13.2 Å². The predicted octanol–water partition coefficient (Wildman–Crippen LogP) is 0.103. The quantitative estimate of drug-likeness (QED) is 0.852. The number of halogens is 3. The number of aromatic nitrogens is 2. The second-order valence-corrected chi connectivity index (χ2v) is 6.59. The van der Waals surface area contributed by atoms with Gasteiger partial charge in [-0.15, -0.1) is 0 Å². The Morgan fingerprint density at radius 3 is 2.79 bits per heavy atom. The maximum atomic E-state index is 12.1. The molecule has 1 atom stereocenters. The van der Waals surface area contributed by atoms with Crippen LogP contribution in [0.15, 0.2) is 4.52 Å². The highest BCUT2D eigenvalue weighted by Crippen LogP contribution is 2.19. The van der Waals surface area contributed by atoms with E-state index in [-0.39, 0.29) is 23.8 Å². The first-order valence-corrected chi connectivity index (χ1v) is 7.38. The normalized spacial score (nSPS) is 23.4. The van der Waals surface area contributed by atoms with Crippen LogP contribution in [0, 0.1) is 0 Å². The summed E-state index contributed by atoms with van der Waals surface area (Å²) in [6.07, 6.45) is -5.55. The number of rotatable bonds is 3. The Morgan fingerprint density at radius 2 is 2.16 bits per heavy atom. The molecular formula is C9H12F3N3O3S. The monoisotopic (exact) mass is 299 g/mol. The first-order valence-electron chi connectivity index (χ1n) is 5.55. The van der Waals surface area contributed by atoms with Crippen LogP contribution in [0.3, 0.4) is 0 Å². The minimum absolute atomic E-state index is 0.00819. The van der Waals surface area contributed by atoms with E-state index in [1.54, 1.807) is 0 Å². The molecule has 0 spiro atoms. The first kappa shape index (κ1) is 14.3. The van der Waals surface area contributed by atoms with E-state index in [4.69, 9.17) is 0 Å². The molecule has 1 saturated heterocycles. The Bertz CT molecular complexity index is 540. The molecule has 2 rings (SSSR count). The lowest BCUT2D eigenvalue weighted by Crippen LogP contribution is -2.46. The van der Waals surface area contributed by atoms with Gasteiger partial charge in [-0.3, -0.25) is 0 Å². The van der Waals surface area contributed by atoms with Gasteiger partial charge in [0.15, 0.2) is 15.7 Å². The van der Waals surface area contributed by atoms with Gasteiger partial charge in [-0.1, -0.05) is 5.16 Å². The topological polar surface area (TPSA) is 85.1 Å². The molecule has 1 aromatic heterocycles. The summed E-state index contributed by atoms with van der Waals surface area (Å²) in [5.41, 5.74) is 0. The van der Waals surface area contributed by atoms with Crippen LogP contribution in [0.5, 0.6) is 0 Å². The van der Waals surface area contributed by atoms with Crippen molar-refractivity contribution in [1.29, 1.82) is 0 Å². The van der Waals surface area contributed by atoms with Gasteiger partial charge in [0.2, 0.25) is 5.89 Å². The molecule has 19 heavy (non-hydrogen) atoms. The zero-order valence-electron chi connectivity index (χ0n) is 9.77. The zero-order chi connectivity index (χ0) is 14.1. The summed E-state index contributed by atoms with van der Waals surface area (Å²) in [7, 11) is -3.11. The van der Waals surface area contributed by atoms with Crippen LogP contribution in [0.25, 0.3) is 0 Å². The molecular weight excluding hydrogens is 287 g/mol. The van der Waals surface area contributed by atoms with E-state index in [0.717, 1.165) is 0 Å². The minimum Gasteiger partial charge on any atom is -0.339 e. The summed E-state index contributed by atoms with van der Waals surface area (Å²) in [6.45, 7) is 0.316. The van der Waals surface area contributed by atoms with Crippen molar-refractivity contribution < 1.29 is 26.1 Å². The standard InChI is InChI=1S/C9H12F3N3O3S/c10-9(11,12)4-7-14-8(18-15-7)3-6-5-19(16,17)2-1-13-6/h6,13H,1-5H2. The minimum atomic E-state index is -4.40. The third-order valence-corrected chi connectivity index (χ3v) is 4.33. The van der Waals surface area contributed by atoms with Crippen molar-refractivity contribution in [2.24, 2.45) is 0 Å². The van der Waals surface area contributed by atoms with Gasteiger partial charge in [0.05, 0.1) is 11.5 Å². The van der Waals surface area contributed by atoms with Crippen molar-refractivity contribution in [3.05, 3.63) is 11.7 Å². The predicted molar refractivity (Wildman–Crippen MR) is 58.2 cm³/mol. The van der Waals surface area contributed by atoms with E-state index in [2.05, 4.69) is 20.0 Å². The fraction of sp³-hybridized carbons (Fsp3) is 0.778. The largest absolute Gasteiger partial charge is 0.396 e. The summed E-state index contributed by atoms with van der Waals surface area (Å²) in [4.78, 5) is 3.60. The molecule has 1 fully saturated rings. The van der Waals surface area contributed by atoms with Gasteiger partial charge in [0.25, 0.3) is 0 Å². The van der Waals surface area contributed by atoms with Crippen molar-refractivity contribution in [2.75, 3.05) is 18.1 Å². The first-order chi connectivity index (χ1) is 8.73. The highest BCUT2D eigenvalue weighted by molar-refractivity contribution is 7.91. The lowest BCUT2D eigenvalue weighted by molar-refractivity contribution is -0.128. The van der Waals surface area contributed by atoms with Crippen molar-refractivity contribution in [1.82, 2.24) is 15.5 Å². The van der Waals surface area contributed by atoms with Gasteiger partial charge in [-0.05, 0) is 0 Å². The average Bonchev–Trinajstić information content (AvgIpc) is 2.61. The van der Waals surface area contributed by atoms with Gasteiger partial charge in [0, 0.05) is 19.0 Å². The molecule has 1 N–H and O–H groups in total. The number of alkyl halides is 3. The maximum absolute atomic E-state index is 12.1. The second kappa shape index (κ2) is 5.08. The smallest absolute Gasteiger partial charge is 0.339 e. The number of hydrogen-bond acceptors (Lipinski definition) is 6. The summed E-state index contributed by atoms with van der Waals surface area (Å²) < 4.78 is 63.8. The van der Waals surface area contributed by atoms with E-state index >= 15 is 0 Å². The molecule has 0 radical (unpaired) electrons. The molecule has 1 aromatic rings. The van der Waals surface area contributed by atoms with Crippen LogP contribution in [-0.2, 0) is 22.7 Å². The number of nitrogens with zero attached hydrogens (tertiary/aromatic N) is 2. The van der Waals surface area contributed by atoms with Crippen molar-refractivity contribution in [3.8, 4) is 0 Å². The van der Waals surface area contributed by atoms with Crippen molar-refractivity contribution in [3.63, 3.8) is 0 Å². The number of sulfone groups is 1. The van der Waals surface area contributed by atoms with Crippen LogP contribution >= 0.6 is 0 Å². The summed E-state index contributed by atoms with van der Waals surface area (Å²) >= 11 is 0. The Kier molecular flexibility index (Phi) is 3.81. The van der Waals surface area contributed by atoms with Crippen LogP contribution in [0.1, 0.15) is 11.7 Å². The molecule has 108 valence electrons. The van der Waals surface area contributed by atoms with Crippen LogP contribution in [-0.4, -0.2) is 48.8 Å². The zero-order valence-corrected chi connectivity index (χ0v) is 10.6. The SMILES string of the molecule is O=S1(=O)CCNC(Cc2nc(CC(F)(F)F)no2)C1. The molecule has 2 heterocycles. The number of nitrogens with one attached hydrogen (secondary N) is 1. The van der Waals surface area contributed by atoms with E-state index in [0.29, 0.717) is 6.54 Å². The third-order valence-electron chi connectivity index (χ3n) is 2.59. The van der Waals surface area contributed by atoms with Gasteiger partial charge in [-0.2, -0.15) is 18.2 Å².